The largest absolute Gasteiger partial charge is 0.481 e. The quantitative estimate of drug-likeness (QED) is 0.331. The van der Waals surface area contributed by atoms with Crippen molar-refractivity contribution >= 4 is 23.8 Å². The summed E-state index contributed by atoms with van der Waals surface area (Å²) in [5.74, 6) is -2.73. The smallest absolute Gasteiger partial charge is 0.408 e. The summed E-state index contributed by atoms with van der Waals surface area (Å²) in [6, 6.07) is 15.6. The van der Waals surface area contributed by atoms with Gasteiger partial charge in [0, 0.05) is 5.56 Å². The van der Waals surface area contributed by atoms with E-state index in [0.29, 0.717) is 11.4 Å². The first kappa shape index (κ1) is 27.0. The Kier molecular flexibility index (Phi) is 9.41. The molecule has 2 amide bonds. The van der Waals surface area contributed by atoms with Crippen LogP contribution in [0.4, 0.5) is 4.79 Å². The molecule has 3 rings (SSSR count). The van der Waals surface area contributed by atoms with E-state index in [2.05, 4.69) is 26.0 Å². The Morgan fingerprint density at radius 1 is 0.973 bits per heavy atom. The molecule has 2 atom stereocenters. The molecule has 37 heavy (non-hydrogen) atoms. The van der Waals surface area contributed by atoms with Crippen LogP contribution in [0, 0.1) is 5.92 Å². The van der Waals surface area contributed by atoms with Gasteiger partial charge in [0.1, 0.15) is 25.2 Å². The van der Waals surface area contributed by atoms with Crippen LogP contribution >= 0.6 is 0 Å². The van der Waals surface area contributed by atoms with Crippen molar-refractivity contribution in [3.8, 4) is 11.4 Å². The Labute approximate surface area is 213 Å². The van der Waals surface area contributed by atoms with Crippen molar-refractivity contribution < 1.29 is 29.0 Å². The number of carboxylic acids is 1. The zero-order valence-electron chi connectivity index (χ0n) is 20.4. The minimum Gasteiger partial charge on any atom is -0.481 e. The lowest BCUT2D eigenvalue weighted by Crippen LogP contribution is -2.54. The molecule has 0 bridgehead atoms. The molecule has 12 heteroatoms. The lowest BCUT2D eigenvalue weighted by Gasteiger charge is -2.24. The van der Waals surface area contributed by atoms with Gasteiger partial charge in [0.2, 0.25) is 11.7 Å². The van der Waals surface area contributed by atoms with Crippen LogP contribution < -0.4 is 10.6 Å². The molecule has 12 nitrogen and oxygen atoms in total. The average molecular weight is 509 g/mol. The molecule has 3 N–H and O–H groups in total. The van der Waals surface area contributed by atoms with Crippen LogP contribution in [0.1, 0.15) is 25.8 Å². The molecule has 1 heterocycles. The Morgan fingerprint density at radius 3 is 2.24 bits per heavy atom. The summed E-state index contributed by atoms with van der Waals surface area (Å²) in [7, 11) is 0. The van der Waals surface area contributed by atoms with E-state index in [1.54, 1.807) is 62.4 Å². The van der Waals surface area contributed by atoms with Gasteiger partial charge in [-0.15, -0.1) is 10.2 Å². The van der Waals surface area contributed by atoms with Crippen molar-refractivity contribution in [3.63, 3.8) is 0 Å². The fourth-order valence-electron chi connectivity index (χ4n) is 3.37. The number of nitrogens with zero attached hydrogens (tertiary/aromatic N) is 4. The first-order chi connectivity index (χ1) is 17.7. The Hall–Kier alpha value is -4.61. The summed E-state index contributed by atoms with van der Waals surface area (Å²) < 4.78 is 5.18. The number of carboxylic acid groups (broad SMARTS) is 1. The fraction of sp³-hybridized carbons (Fsp3) is 0.320. The highest BCUT2D eigenvalue weighted by Gasteiger charge is 2.31. The number of aliphatic carboxylic acids is 1. The van der Waals surface area contributed by atoms with Gasteiger partial charge in [-0.1, -0.05) is 74.5 Å². The third-order valence-corrected chi connectivity index (χ3v) is 5.30. The van der Waals surface area contributed by atoms with Crippen LogP contribution in [0.2, 0.25) is 0 Å². The Morgan fingerprint density at radius 2 is 1.62 bits per heavy atom. The molecular weight excluding hydrogens is 480 g/mol. The van der Waals surface area contributed by atoms with Gasteiger partial charge >= 0.3 is 12.1 Å². The van der Waals surface area contributed by atoms with Gasteiger partial charge in [-0.25, -0.2) is 4.79 Å². The number of carbonyl (C=O) groups is 4. The molecule has 0 aliphatic rings. The number of nitrogens with one attached hydrogen (secondary N) is 2. The van der Waals surface area contributed by atoms with Gasteiger partial charge in [-0.05, 0) is 16.7 Å². The number of benzene rings is 2. The summed E-state index contributed by atoms with van der Waals surface area (Å²) in [6.45, 7) is 2.99. The number of aromatic nitrogens is 4. The van der Waals surface area contributed by atoms with E-state index in [9.17, 15) is 24.3 Å². The van der Waals surface area contributed by atoms with E-state index in [1.165, 1.54) is 0 Å². The van der Waals surface area contributed by atoms with Gasteiger partial charge in [-0.2, -0.15) is 4.80 Å². The molecule has 1 aromatic heterocycles. The van der Waals surface area contributed by atoms with Crippen molar-refractivity contribution in [1.82, 2.24) is 30.8 Å². The van der Waals surface area contributed by atoms with Crippen LogP contribution in [-0.2, 0) is 32.3 Å². The molecule has 0 radical (unpaired) electrons. The number of alkyl carbamates (subject to hydrolysis) is 1. The second-order valence-electron chi connectivity index (χ2n) is 8.56. The van der Waals surface area contributed by atoms with E-state index in [-0.39, 0.29) is 12.5 Å². The molecule has 0 spiro atoms. The minimum atomic E-state index is -1.38. The lowest BCUT2D eigenvalue weighted by molar-refractivity contribution is -0.140. The molecular formula is C25H28N6O6. The number of hydrogen-bond acceptors (Lipinski definition) is 8. The highest BCUT2D eigenvalue weighted by Crippen LogP contribution is 2.12. The van der Waals surface area contributed by atoms with Gasteiger partial charge in [0.15, 0.2) is 5.78 Å². The third kappa shape index (κ3) is 8.23. The second-order valence-corrected chi connectivity index (χ2v) is 8.56. The normalized spacial score (nSPS) is 12.4. The van der Waals surface area contributed by atoms with Gasteiger partial charge in [0.25, 0.3) is 0 Å². The topological polar surface area (TPSA) is 165 Å². The SMILES string of the molecule is CC(C)[C@H](NC(=O)OCc1ccccc1)C(=O)NC(CC(=O)O)C(=O)Cn1nnc(-c2ccccc2)n1. The van der Waals surface area contributed by atoms with E-state index in [4.69, 9.17) is 4.74 Å². The fourth-order valence-corrected chi connectivity index (χ4v) is 3.37. The number of hydrogen-bond donors (Lipinski definition) is 3. The zero-order valence-corrected chi connectivity index (χ0v) is 20.4. The highest BCUT2D eigenvalue weighted by molar-refractivity contribution is 5.94. The number of rotatable bonds is 12. The number of tetrazole rings is 1. The summed E-state index contributed by atoms with van der Waals surface area (Å²) in [5, 5.41) is 26.1. The predicted octanol–water partition coefficient (Wildman–Crippen LogP) is 1.82. The Balaban J connectivity index is 1.63. The molecule has 194 valence electrons. The van der Waals surface area contributed by atoms with Crippen LogP contribution in [0.3, 0.4) is 0 Å². The summed E-state index contributed by atoms with van der Waals surface area (Å²) in [6.07, 6.45) is -1.48. The van der Waals surface area contributed by atoms with Crippen molar-refractivity contribution in [2.45, 2.75) is 45.5 Å². The van der Waals surface area contributed by atoms with E-state index in [0.717, 1.165) is 10.4 Å². The van der Waals surface area contributed by atoms with Crippen LogP contribution in [-0.4, -0.2) is 61.2 Å². The summed E-state index contributed by atoms with van der Waals surface area (Å²) in [5.41, 5.74) is 1.47. The molecule has 0 saturated heterocycles. The van der Waals surface area contributed by atoms with Crippen LogP contribution in [0.25, 0.3) is 11.4 Å². The first-order valence-electron chi connectivity index (χ1n) is 11.6. The molecule has 0 aliphatic heterocycles. The van der Waals surface area contributed by atoms with Crippen LogP contribution in [0.5, 0.6) is 0 Å². The number of amides is 2. The zero-order chi connectivity index (χ0) is 26.8. The molecule has 0 aliphatic carbocycles. The molecule has 1 unspecified atom stereocenters. The first-order valence-corrected chi connectivity index (χ1v) is 11.6. The second kappa shape index (κ2) is 12.9. The number of ketones is 1. The molecule has 3 aromatic rings. The molecule has 0 fully saturated rings. The number of carbonyl (C=O) groups excluding carboxylic acids is 3. The lowest BCUT2D eigenvalue weighted by atomic mass is 10.0. The van der Waals surface area contributed by atoms with Crippen molar-refractivity contribution in [2.24, 2.45) is 5.92 Å². The average Bonchev–Trinajstić information content (AvgIpc) is 3.34. The highest BCUT2D eigenvalue weighted by atomic mass is 16.5. The predicted molar refractivity (Wildman–Crippen MR) is 131 cm³/mol. The Bertz CT molecular complexity index is 1210. The van der Waals surface area contributed by atoms with Crippen LogP contribution in [0.15, 0.2) is 60.7 Å². The van der Waals surface area contributed by atoms with Gasteiger partial charge in [0.05, 0.1) is 6.42 Å². The van der Waals surface area contributed by atoms with E-state index >= 15 is 0 Å². The maximum atomic E-state index is 13.0. The summed E-state index contributed by atoms with van der Waals surface area (Å²) >= 11 is 0. The van der Waals surface area contributed by atoms with E-state index < -0.39 is 48.8 Å². The van der Waals surface area contributed by atoms with Crippen molar-refractivity contribution in [3.05, 3.63) is 66.2 Å². The molecule has 0 saturated carbocycles. The monoisotopic (exact) mass is 508 g/mol. The van der Waals surface area contributed by atoms with Gasteiger partial charge in [-0.3, -0.25) is 14.4 Å². The maximum absolute atomic E-state index is 13.0. The maximum Gasteiger partial charge on any atom is 0.408 e. The van der Waals surface area contributed by atoms with Crippen molar-refractivity contribution in [1.29, 1.82) is 0 Å². The standard InChI is InChI=1S/C25H28N6O6/c1-16(2)22(27-25(36)37-15-17-9-5-3-6-10-17)24(35)26-19(13-21(33)34)20(32)14-31-29-23(28-30-31)18-11-7-4-8-12-18/h3-12,16,19,22H,13-15H2,1-2H3,(H,26,35)(H,27,36)(H,33,34)/t19?,22-/m0/s1. The number of Topliss-reactive ketones (excluding diaryl/α,β-unsaturated/α-hetero) is 1. The van der Waals surface area contributed by atoms with E-state index in [1.807, 2.05) is 12.1 Å². The summed E-state index contributed by atoms with van der Waals surface area (Å²) in [4.78, 5) is 50.6. The molecule has 2 aromatic carbocycles. The van der Waals surface area contributed by atoms with Gasteiger partial charge < -0.3 is 20.5 Å². The number of ether oxygens (including phenoxy) is 1. The minimum absolute atomic E-state index is 0.00904. The van der Waals surface area contributed by atoms with Crippen molar-refractivity contribution in [2.75, 3.05) is 0 Å². The third-order valence-electron chi connectivity index (χ3n) is 5.30.